The van der Waals surface area contributed by atoms with Crippen LogP contribution in [0.1, 0.15) is 44.4 Å². The average molecular weight is 225 g/mol. The number of nitrogens with one attached hydrogen (secondary N) is 1. The monoisotopic (exact) mass is 225 g/mol. The molecule has 1 heterocycles. The summed E-state index contributed by atoms with van der Waals surface area (Å²) in [7, 11) is 1.75. The van der Waals surface area contributed by atoms with Gasteiger partial charge in [0.25, 0.3) is 0 Å². The van der Waals surface area contributed by atoms with Crippen molar-refractivity contribution >= 4 is 0 Å². The zero-order valence-electron chi connectivity index (χ0n) is 10.4. The zero-order chi connectivity index (χ0) is 11.6. The van der Waals surface area contributed by atoms with Gasteiger partial charge in [-0.2, -0.15) is 0 Å². The Kier molecular flexibility index (Phi) is 6.93. The molecule has 1 atom stereocenters. The summed E-state index contributed by atoms with van der Waals surface area (Å²) < 4.78 is 10.4. The van der Waals surface area contributed by atoms with Crippen molar-refractivity contribution in [3.63, 3.8) is 0 Å². The zero-order valence-corrected chi connectivity index (χ0v) is 10.4. The Labute approximate surface area is 98.2 Å². The molecule has 0 aromatic carbocycles. The molecule has 1 rings (SSSR count). The minimum Gasteiger partial charge on any atom is -0.468 e. The summed E-state index contributed by atoms with van der Waals surface area (Å²) in [5, 5.41) is 3.51. The van der Waals surface area contributed by atoms with E-state index >= 15 is 0 Å². The van der Waals surface area contributed by atoms with Gasteiger partial charge in [0, 0.05) is 13.7 Å². The molecule has 0 aliphatic carbocycles. The molecule has 0 aliphatic rings. The molecule has 3 heteroatoms. The normalized spacial score (nSPS) is 12.9. The van der Waals surface area contributed by atoms with Gasteiger partial charge in [-0.05, 0) is 44.4 Å². The van der Waals surface area contributed by atoms with E-state index in [1.54, 1.807) is 13.4 Å². The van der Waals surface area contributed by atoms with Gasteiger partial charge in [-0.25, -0.2) is 0 Å². The van der Waals surface area contributed by atoms with E-state index in [-0.39, 0.29) is 0 Å². The topological polar surface area (TPSA) is 34.4 Å². The van der Waals surface area contributed by atoms with Crippen molar-refractivity contribution in [2.75, 3.05) is 20.3 Å². The van der Waals surface area contributed by atoms with Crippen molar-refractivity contribution in [3.05, 3.63) is 24.2 Å². The van der Waals surface area contributed by atoms with Gasteiger partial charge in [-0.15, -0.1) is 0 Å². The number of methoxy groups -OCH3 is 1. The number of hydrogen-bond donors (Lipinski definition) is 1. The molecule has 0 radical (unpaired) electrons. The van der Waals surface area contributed by atoms with E-state index in [1.807, 2.05) is 12.1 Å². The van der Waals surface area contributed by atoms with Crippen LogP contribution in [0.5, 0.6) is 0 Å². The lowest BCUT2D eigenvalue weighted by atomic mass is 10.1. The fourth-order valence-electron chi connectivity index (χ4n) is 1.76. The number of unbranched alkanes of at least 4 members (excludes halogenated alkanes) is 2. The Morgan fingerprint density at radius 1 is 1.38 bits per heavy atom. The third-order valence-electron chi connectivity index (χ3n) is 2.71. The van der Waals surface area contributed by atoms with E-state index in [0.717, 1.165) is 31.8 Å². The number of rotatable bonds is 9. The van der Waals surface area contributed by atoms with Gasteiger partial charge >= 0.3 is 0 Å². The second-order valence-electron chi connectivity index (χ2n) is 3.98. The van der Waals surface area contributed by atoms with Gasteiger partial charge < -0.3 is 14.5 Å². The van der Waals surface area contributed by atoms with E-state index in [4.69, 9.17) is 9.15 Å². The standard InChI is InChI=1S/C13H23NO2/c1-3-12(13-8-7-11-16-13)14-9-5-4-6-10-15-2/h7-8,11-12,14H,3-6,9-10H2,1-2H3. The molecular weight excluding hydrogens is 202 g/mol. The highest BCUT2D eigenvalue weighted by Gasteiger charge is 2.10. The molecule has 3 nitrogen and oxygen atoms in total. The van der Waals surface area contributed by atoms with Crippen LogP contribution in [-0.4, -0.2) is 20.3 Å². The van der Waals surface area contributed by atoms with Crippen molar-refractivity contribution in [1.29, 1.82) is 0 Å². The molecular formula is C13H23NO2. The molecule has 0 amide bonds. The lowest BCUT2D eigenvalue weighted by Gasteiger charge is -2.14. The fraction of sp³-hybridized carbons (Fsp3) is 0.692. The molecule has 0 bridgehead atoms. The highest BCUT2D eigenvalue weighted by molar-refractivity contribution is 5.03. The van der Waals surface area contributed by atoms with Crippen molar-refractivity contribution in [1.82, 2.24) is 5.32 Å². The van der Waals surface area contributed by atoms with Crippen molar-refractivity contribution in [2.24, 2.45) is 0 Å². The Balaban J connectivity index is 2.11. The SMILES string of the molecule is CCC(NCCCCCOC)c1ccco1. The number of hydrogen-bond acceptors (Lipinski definition) is 3. The predicted molar refractivity (Wildman–Crippen MR) is 65.5 cm³/mol. The predicted octanol–water partition coefficient (Wildman–Crippen LogP) is 3.14. The van der Waals surface area contributed by atoms with Gasteiger partial charge in [-0.1, -0.05) is 6.92 Å². The van der Waals surface area contributed by atoms with Crippen LogP contribution in [0, 0.1) is 0 Å². The molecule has 1 aromatic heterocycles. The lowest BCUT2D eigenvalue weighted by molar-refractivity contribution is 0.192. The fourth-order valence-corrected chi connectivity index (χ4v) is 1.76. The Bertz CT molecular complexity index is 246. The quantitative estimate of drug-likeness (QED) is 0.656. The Morgan fingerprint density at radius 3 is 2.88 bits per heavy atom. The molecule has 16 heavy (non-hydrogen) atoms. The van der Waals surface area contributed by atoms with E-state index in [1.165, 1.54) is 12.8 Å². The van der Waals surface area contributed by atoms with Crippen LogP contribution in [0.15, 0.2) is 22.8 Å². The molecule has 0 saturated heterocycles. The molecule has 1 unspecified atom stereocenters. The maximum atomic E-state index is 5.40. The van der Waals surface area contributed by atoms with Crippen LogP contribution in [0.25, 0.3) is 0 Å². The minimum absolute atomic E-state index is 0.359. The molecule has 1 aromatic rings. The van der Waals surface area contributed by atoms with Gasteiger partial charge in [0.05, 0.1) is 12.3 Å². The summed E-state index contributed by atoms with van der Waals surface area (Å²) in [5.41, 5.74) is 0. The van der Waals surface area contributed by atoms with E-state index in [0.29, 0.717) is 6.04 Å². The van der Waals surface area contributed by atoms with Gasteiger partial charge in [0.15, 0.2) is 0 Å². The number of furan rings is 1. The third kappa shape index (κ3) is 4.81. The molecule has 1 N–H and O–H groups in total. The van der Waals surface area contributed by atoms with Crippen LogP contribution in [0.3, 0.4) is 0 Å². The first-order chi connectivity index (χ1) is 7.88. The second-order valence-corrected chi connectivity index (χ2v) is 3.98. The molecule has 92 valence electrons. The molecule has 0 aliphatic heterocycles. The first kappa shape index (κ1) is 13.3. The molecule has 0 saturated carbocycles. The van der Waals surface area contributed by atoms with Gasteiger partial charge in [0.1, 0.15) is 5.76 Å². The molecule has 0 fully saturated rings. The summed E-state index contributed by atoms with van der Waals surface area (Å²) in [6, 6.07) is 4.34. The van der Waals surface area contributed by atoms with E-state index in [9.17, 15) is 0 Å². The van der Waals surface area contributed by atoms with Crippen molar-refractivity contribution < 1.29 is 9.15 Å². The Morgan fingerprint density at radius 2 is 2.25 bits per heavy atom. The van der Waals surface area contributed by atoms with Crippen LogP contribution in [0.4, 0.5) is 0 Å². The smallest absolute Gasteiger partial charge is 0.120 e. The Hall–Kier alpha value is -0.800. The van der Waals surface area contributed by atoms with Crippen LogP contribution in [-0.2, 0) is 4.74 Å². The van der Waals surface area contributed by atoms with E-state index in [2.05, 4.69) is 12.2 Å². The first-order valence-corrected chi connectivity index (χ1v) is 6.14. The van der Waals surface area contributed by atoms with Crippen LogP contribution in [0.2, 0.25) is 0 Å². The maximum Gasteiger partial charge on any atom is 0.120 e. The van der Waals surface area contributed by atoms with Crippen molar-refractivity contribution in [2.45, 2.75) is 38.6 Å². The van der Waals surface area contributed by atoms with E-state index < -0.39 is 0 Å². The summed E-state index contributed by atoms with van der Waals surface area (Å²) in [6.07, 6.45) is 6.36. The third-order valence-corrected chi connectivity index (χ3v) is 2.71. The first-order valence-electron chi connectivity index (χ1n) is 6.14. The van der Waals surface area contributed by atoms with Gasteiger partial charge in [-0.3, -0.25) is 0 Å². The summed E-state index contributed by atoms with van der Waals surface area (Å²) in [5.74, 6) is 1.04. The second kappa shape index (κ2) is 8.36. The summed E-state index contributed by atoms with van der Waals surface area (Å²) in [4.78, 5) is 0. The molecule has 0 spiro atoms. The van der Waals surface area contributed by atoms with Gasteiger partial charge in [0.2, 0.25) is 0 Å². The lowest BCUT2D eigenvalue weighted by Crippen LogP contribution is -2.21. The largest absolute Gasteiger partial charge is 0.468 e. The number of ether oxygens (including phenoxy) is 1. The highest BCUT2D eigenvalue weighted by atomic mass is 16.5. The maximum absolute atomic E-state index is 5.40. The summed E-state index contributed by atoms with van der Waals surface area (Å²) >= 11 is 0. The average Bonchev–Trinajstić information content (AvgIpc) is 2.82. The summed E-state index contributed by atoms with van der Waals surface area (Å²) in [6.45, 7) is 4.09. The minimum atomic E-state index is 0.359. The van der Waals surface area contributed by atoms with Crippen molar-refractivity contribution in [3.8, 4) is 0 Å². The highest BCUT2D eigenvalue weighted by Crippen LogP contribution is 2.16. The van der Waals surface area contributed by atoms with Crippen LogP contribution >= 0.6 is 0 Å². The van der Waals surface area contributed by atoms with Crippen LogP contribution < -0.4 is 5.32 Å².